The van der Waals surface area contributed by atoms with Crippen LogP contribution in [0.5, 0.6) is 0 Å². The third-order valence-corrected chi connectivity index (χ3v) is 6.35. The number of hydrogen-bond donors (Lipinski definition) is 0. The Balaban J connectivity index is 1.38. The van der Waals surface area contributed by atoms with E-state index in [2.05, 4.69) is 0 Å². The van der Waals surface area contributed by atoms with Crippen LogP contribution in [-0.4, -0.2) is 21.6 Å². The van der Waals surface area contributed by atoms with Gasteiger partial charge in [-0.05, 0) is 28.7 Å². The molecule has 4 aromatic carbocycles. The van der Waals surface area contributed by atoms with Crippen molar-refractivity contribution in [2.75, 3.05) is 0 Å². The Morgan fingerprint density at radius 1 is 0.405 bits per heavy atom. The van der Waals surface area contributed by atoms with Crippen molar-refractivity contribution >= 4 is 11.8 Å². The minimum absolute atomic E-state index is 0.0678. The summed E-state index contributed by atoms with van der Waals surface area (Å²) >= 11 is 0. The van der Waals surface area contributed by atoms with E-state index in [4.69, 9.17) is 0 Å². The smallest absolute Gasteiger partial charge is 0.223 e. The summed E-state index contributed by atoms with van der Waals surface area (Å²) in [4.78, 5) is 30.4. The summed E-state index contributed by atoms with van der Waals surface area (Å²) in [5, 5.41) is 0. The maximum Gasteiger partial charge on any atom is 0.223 e. The summed E-state index contributed by atoms with van der Waals surface area (Å²) in [7, 11) is 0. The molecule has 0 unspecified atom stereocenters. The summed E-state index contributed by atoms with van der Waals surface area (Å²) in [6.07, 6.45) is 1.21. The molecule has 0 saturated heterocycles. The highest BCUT2D eigenvalue weighted by Crippen LogP contribution is 2.16. The lowest BCUT2D eigenvalue weighted by atomic mass is 10.1. The number of hydrogen-bond acceptors (Lipinski definition) is 2. The monoisotopic (exact) mass is 490 g/mol. The van der Waals surface area contributed by atoms with Crippen molar-refractivity contribution in [1.29, 1.82) is 0 Å². The third kappa shape index (κ3) is 8.46. The van der Waals surface area contributed by atoms with Crippen LogP contribution in [-0.2, 0) is 35.8 Å². The van der Waals surface area contributed by atoms with Gasteiger partial charge in [0.05, 0.1) is 0 Å². The molecule has 0 bridgehead atoms. The molecule has 0 N–H and O–H groups in total. The Bertz CT molecular complexity index is 1050. The number of amides is 2. The molecule has 4 aromatic rings. The first-order chi connectivity index (χ1) is 18.2. The van der Waals surface area contributed by atoms with Crippen LogP contribution >= 0.6 is 0 Å². The molecule has 0 radical (unpaired) electrons. The molecule has 4 heteroatoms. The van der Waals surface area contributed by atoms with E-state index < -0.39 is 0 Å². The van der Waals surface area contributed by atoms with Crippen LogP contribution in [0.4, 0.5) is 0 Å². The number of carbonyl (C=O) groups is 2. The summed E-state index contributed by atoms with van der Waals surface area (Å²) in [5.41, 5.74) is 4.39. The lowest BCUT2D eigenvalue weighted by Gasteiger charge is -2.25. The number of nitrogens with zero attached hydrogens (tertiary/aromatic N) is 2. The van der Waals surface area contributed by atoms with E-state index in [1.807, 2.05) is 131 Å². The van der Waals surface area contributed by atoms with Crippen LogP contribution in [0.25, 0.3) is 0 Å². The Hall–Kier alpha value is -4.18. The zero-order chi connectivity index (χ0) is 25.7. The van der Waals surface area contributed by atoms with E-state index in [-0.39, 0.29) is 11.8 Å². The number of carbonyl (C=O) groups excluding carboxylic acids is 2. The maximum absolute atomic E-state index is 13.3. The zero-order valence-electron chi connectivity index (χ0n) is 21.2. The molecule has 0 atom stereocenters. The second-order valence-electron chi connectivity index (χ2n) is 9.30. The van der Waals surface area contributed by atoms with Gasteiger partial charge in [0.25, 0.3) is 0 Å². The van der Waals surface area contributed by atoms with Crippen LogP contribution in [0, 0.1) is 0 Å². The Morgan fingerprint density at radius 3 is 0.892 bits per heavy atom. The van der Waals surface area contributed by atoms with Crippen LogP contribution in [0.2, 0.25) is 0 Å². The predicted molar refractivity (Wildman–Crippen MR) is 148 cm³/mol. The first-order valence-electron chi connectivity index (χ1n) is 12.9. The first kappa shape index (κ1) is 25.9. The minimum atomic E-state index is 0.0678. The third-order valence-electron chi connectivity index (χ3n) is 6.35. The Kier molecular flexibility index (Phi) is 9.65. The van der Waals surface area contributed by atoms with E-state index in [0.29, 0.717) is 45.4 Å². The Morgan fingerprint density at radius 2 is 0.649 bits per heavy atom. The van der Waals surface area contributed by atoms with E-state index in [9.17, 15) is 9.59 Å². The zero-order valence-corrected chi connectivity index (χ0v) is 21.2. The summed E-state index contributed by atoms with van der Waals surface area (Å²) in [6, 6.07) is 40.2. The van der Waals surface area contributed by atoms with Crippen molar-refractivity contribution in [2.45, 2.75) is 45.4 Å². The lowest BCUT2D eigenvalue weighted by molar-refractivity contribution is -0.134. The van der Waals surface area contributed by atoms with Gasteiger partial charge in [-0.2, -0.15) is 0 Å². The quantitative estimate of drug-likeness (QED) is 0.224. The fourth-order valence-corrected chi connectivity index (χ4v) is 4.39. The molecule has 4 nitrogen and oxygen atoms in total. The predicted octanol–water partition coefficient (Wildman–Crippen LogP) is 6.61. The second kappa shape index (κ2) is 13.8. The normalized spacial score (nSPS) is 10.6. The van der Waals surface area contributed by atoms with Gasteiger partial charge in [0, 0.05) is 39.0 Å². The molecule has 188 valence electrons. The van der Waals surface area contributed by atoms with Crippen LogP contribution in [0.15, 0.2) is 121 Å². The van der Waals surface area contributed by atoms with Crippen LogP contribution in [0.3, 0.4) is 0 Å². The Labute approximate surface area is 220 Å². The number of benzene rings is 4. The molecule has 0 saturated carbocycles. The van der Waals surface area contributed by atoms with Crippen molar-refractivity contribution in [2.24, 2.45) is 0 Å². The second-order valence-corrected chi connectivity index (χ2v) is 9.30. The molecule has 0 aliphatic heterocycles. The molecule has 0 heterocycles. The minimum Gasteiger partial charge on any atom is -0.334 e. The van der Waals surface area contributed by atoms with Gasteiger partial charge in [0.15, 0.2) is 0 Å². The molecule has 0 fully saturated rings. The lowest BCUT2D eigenvalue weighted by Crippen LogP contribution is -2.32. The molecule has 37 heavy (non-hydrogen) atoms. The van der Waals surface area contributed by atoms with E-state index >= 15 is 0 Å². The van der Waals surface area contributed by atoms with Gasteiger partial charge in [-0.25, -0.2) is 0 Å². The van der Waals surface area contributed by atoms with Gasteiger partial charge in [-0.15, -0.1) is 0 Å². The highest BCUT2D eigenvalue weighted by Gasteiger charge is 2.18. The summed E-state index contributed by atoms with van der Waals surface area (Å²) in [6.45, 7) is 2.21. The van der Waals surface area contributed by atoms with Gasteiger partial charge in [-0.1, -0.05) is 121 Å². The standard InChI is InChI=1S/C33H34N2O2/c36-32(34(24-28-14-5-1-6-15-28)25-29-16-7-2-8-17-29)22-13-23-33(37)35(26-30-18-9-3-10-19-30)27-31-20-11-4-12-21-31/h1-12,14-21H,13,22-27H2. The fraction of sp³-hybridized carbons (Fsp3) is 0.212. The van der Waals surface area contributed by atoms with Crippen molar-refractivity contribution in [3.8, 4) is 0 Å². The van der Waals surface area contributed by atoms with E-state index in [1.165, 1.54) is 0 Å². The highest BCUT2D eigenvalue weighted by atomic mass is 16.2. The van der Waals surface area contributed by atoms with E-state index in [0.717, 1.165) is 22.3 Å². The molecular formula is C33H34N2O2. The van der Waals surface area contributed by atoms with Crippen molar-refractivity contribution in [1.82, 2.24) is 9.80 Å². The van der Waals surface area contributed by atoms with Gasteiger partial charge in [0.2, 0.25) is 11.8 Å². The SMILES string of the molecule is O=C(CCCC(=O)N(Cc1ccccc1)Cc1ccccc1)N(Cc1ccccc1)Cc1ccccc1. The van der Waals surface area contributed by atoms with Gasteiger partial charge in [0.1, 0.15) is 0 Å². The molecule has 0 aliphatic rings. The molecule has 0 spiro atoms. The van der Waals surface area contributed by atoms with Crippen molar-refractivity contribution < 1.29 is 9.59 Å². The highest BCUT2D eigenvalue weighted by molar-refractivity contribution is 5.79. The molecule has 0 aromatic heterocycles. The number of rotatable bonds is 12. The molecule has 4 rings (SSSR count). The van der Waals surface area contributed by atoms with Crippen molar-refractivity contribution in [3.05, 3.63) is 144 Å². The summed E-state index contributed by atoms with van der Waals surface area (Å²) in [5.74, 6) is 0.136. The first-order valence-corrected chi connectivity index (χ1v) is 12.9. The van der Waals surface area contributed by atoms with E-state index in [1.54, 1.807) is 0 Å². The van der Waals surface area contributed by atoms with Gasteiger partial charge in [-0.3, -0.25) is 9.59 Å². The van der Waals surface area contributed by atoms with Gasteiger partial charge < -0.3 is 9.80 Å². The van der Waals surface area contributed by atoms with Crippen molar-refractivity contribution in [3.63, 3.8) is 0 Å². The summed E-state index contributed by atoms with van der Waals surface area (Å²) < 4.78 is 0. The molecule has 0 aliphatic carbocycles. The average Bonchev–Trinajstić information content (AvgIpc) is 2.94. The van der Waals surface area contributed by atoms with Crippen LogP contribution < -0.4 is 0 Å². The average molecular weight is 491 g/mol. The maximum atomic E-state index is 13.3. The fourth-order valence-electron chi connectivity index (χ4n) is 4.39. The molecule has 2 amide bonds. The topological polar surface area (TPSA) is 40.6 Å². The van der Waals surface area contributed by atoms with Crippen LogP contribution in [0.1, 0.15) is 41.5 Å². The molecular weight excluding hydrogens is 456 g/mol. The largest absolute Gasteiger partial charge is 0.334 e. The van der Waals surface area contributed by atoms with Gasteiger partial charge >= 0.3 is 0 Å².